The van der Waals surface area contributed by atoms with Crippen molar-refractivity contribution in [3.05, 3.63) is 0 Å². The van der Waals surface area contributed by atoms with Crippen molar-refractivity contribution in [2.24, 2.45) is 0 Å². The van der Waals surface area contributed by atoms with Crippen LogP contribution in [0.15, 0.2) is 0 Å². The van der Waals surface area contributed by atoms with Crippen LogP contribution < -0.4 is 0 Å². The Balaban J connectivity index is 4.16. The van der Waals surface area contributed by atoms with Crippen molar-refractivity contribution in [1.29, 1.82) is 0 Å². The molecule has 2 unspecified atom stereocenters. The summed E-state index contributed by atoms with van der Waals surface area (Å²) in [6.45, 7) is 4.96. The van der Waals surface area contributed by atoms with Gasteiger partial charge in [-0.15, -0.1) is 0 Å². The molecule has 0 heterocycles. The van der Waals surface area contributed by atoms with Gasteiger partial charge in [-0.3, -0.25) is 9.59 Å². The second-order valence-corrected chi connectivity index (χ2v) is 22.0. The summed E-state index contributed by atoms with van der Waals surface area (Å²) in [6, 6.07) is 0. The Morgan fingerprint density at radius 3 is 0.928 bits per heavy atom. The number of carbonyl (C=O) groups excluding carboxylic acids is 2. The van der Waals surface area contributed by atoms with Gasteiger partial charge >= 0.3 is 17.9 Å². The maximum Gasteiger partial charge on any atom is 0.361 e. The molecular weight excluding hydrogens is 863 g/mol. The first-order chi connectivity index (χ1) is 33.6. The Morgan fingerprint density at radius 1 is 0.377 bits per heavy atom. The zero-order valence-corrected chi connectivity index (χ0v) is 46.8. The second kappa shape index (κ2) is 52.6. The van der Waals surface area contributed by atoms with Gasteiger partial charge in [-0.25, -0.2) is 4.79 Å². The Morgan fingerprint density at radius 2 is 0.652 bits per heavy atom. The zero-order valence-electron chi connectivity index (χ0n) is 46.8. The first-order valence-electron chi connectivity index (χ1n) is 30.2. The van der Waals surface area contributed by atoms with Gasteiger partial charge in [0, 0.05) is 12.8 Å². The van der Waals surface area contributed by atoms with E-state index in [1.165, 1.54) is 244 Å². The predicted octanol–water partition coefficient (Wildman–Crippen LogP) is 17.6. The summed E-state index contributed by atoms with van der Waals surface area (Å²) in [5, 5.41) is 9.71. The summed E-state index contributed by atoms with van der Waals surface area (Å²) in [7, 11) is 5.99. The average Bonchev–Trinajstić information content (AvgIpc) is 3.31. The SMILES string of the molecule is CCCCCCCCCCCCCCCCCCCCCCCCCC(=O)OC(COC(=O)CCCCCCCCCCCCCCCCCCCCCCC)COC(OCC[N+](C)(C)C)C(=O)O. The highest BCUT2D eigenvalue weighted by molar-refractivity contribution is 5.71. The third kappa shape index (κ3) is 53.9. The fourth-order valence-electron chi connectivity index (χ4n) is 9.19. The molecule has 0 bridgehead atoms. The van der Waals surface area contributed by atoms with Gasteiger partial charge in [0.1, 0.15) is 13.2 Å². The highest BCUT2D eigenvalue weighted by atomic mass is 16.7. The third-order valence-corrected chi connectivity index (χ3v) is 13.9. The van der Waals surface area contributed by atoms with E-state index in [2.05, 4.69) is 13.8 Å². The first-order valence-corrected chi connectivity index (χ1v) is 30.2. The van der Waals surface area contributed by atoms with E-state index < -0.39 is 18.4 Å². The van der Waals surface area contributed by atoms with E-state index in [1.807, 2.05) is 21.1 Å². The van der Waals surface area contributed by atoms with Crippen molar-refractivity contribution in [3.8, 4) is 0 Å². The molecule has 0 spiro atoms. The quantitative estimate of drug-likeness (QED) is 0.0278. The average molecular weight is 982 g/mol. The number of nitrogens with zero attached hydrogens (tertiary/aromatic N) is 1. The number of esters is 2. The molecule has 0 aromatic heterocycles. The number of rotatable bonds is 57. The van der Waals surface area contributed by atoms with Crippen molar-refractivity contribution in [1.82, 2.24) is 0 Å². The van der Waals surface area contributed by atoms with Crippen molar-refractivity contribution >= 4 is 17.9 Å². The third-order valence-electron chi connectivity index (χ3n) is 13.9. The van der Waals surface area contributed by atoms with Gasteiger partial charge in [0.25, 0.3) is 6.29 Å². The maximum atomic E-state index is 12.9. The van der Waals surface area contributed by atoms with Gasteiger partial charge in [0.2, 0.25) is 0 Å². The van der Waals surface area contributed by atoms with E-state index in [4.69, 9.17) is 18.9 Å². The number of carboxylic acid groups (broad SMARTS) is 1. The minimum atomic E-state index is -1.50. The minimum absolute atomic E-state index is 0.172. The van der Waals surface area contributed by atoms with Crippen LogP contribution in [0.1, 0.15) is 309 Å². The lowest BCUT2D eigenvalue weighted by Crippen LogP contribution is -2.40. The number of carboxylic acids is 1. The van der Waals surface area contributed by atoms with Gasteiger partial charge in [-0.05, 0) is 12.8 Å². The van der Waals surface area contributed by atoms with Gasteiger partial charge in [-0.1, -0.05) is 284 Å². The van der Waals surface area contributed by atoms with Crippen molar-refractivity contribution in [2.45, 2.75) is 322 Å². The first kappa shape index (κ1) is 67.3. The van der Waals surface area contributed by atoms with Crippen LogP contribution >= 0.6 is 0 Å². The molecule has 0 aliphatic heterocycles. The molecule has 9 heteroatoms. The number of ether oxygens (including phenoxy) is 4. The lowest BCUT2D eigenvalue weighted by molar-refractivity contribution is -0.870. The van der Waals surface area contributed by atoms with E-state index in [0.29, 0.717) is 17.4 Å². The lowest BCUT2D eigenvalue weighted by Gasteiger charge is -2.25. The van der Waals surface area contributed by atoms with E-state index in [-0.39, 0.29) is 38.2 Å². The molecule has 0 fully saturated rings. The summed E-state index contributed by atoms with van der Waals surface area (Å²) >= 11 is 0. The standard InChI is InChI=1S/C60H117NO8/c1-6-8-10-12-14-16-18-20-22-24-26-28-29-31-33-35-37-39-41-43-45-47-49-51-58(63)69-56(55-68-60(59(64)65)66-53-52-61(3,4)5)54-67-57(62)50-48-46-44-42-40-38-36-34-32-30-27-25-23-21-19-17-15-13-11-9-7-2/h56,60H,6-55H2,1-5H3/p+1. The molecule has 0 radical (unpaired) electrons. The lowest BCUT2D eigenvalue weighted by atomic mass is 10.0. The van der Waals surface area contributed by atoms with Crippen LogP contribution in [0.25, 0.3) is 0 Å². The van der Waals surface area contributed by atoms with Crippen LogP contribution in [0.5, 0.6) is 0 Å². The summed E-state index contributed by atoms with van der Waals surface area (Å²) in [4.78, 5) is 37.4. The van der Waals surface area contributed by atoms with Crippen LogP contribution in [-0.4, -0.2) is 87.4 Å². The number of unbranched alkanes of at least 4 members (excludes halogenated alkanes) is 42. The molecule has 2 atom stereocenters. The molecule has 69 heavy (non-hydrogen) atoms. The fourth-order valence-corrected chi connectivity index (χ4v) is 9.19. The fraction of sp³-hybridized carbons (Fsp3) is 0.950. The number of carbonyl (C=O) groups is 3. The topological polar surface area (TPSA) is 108 Å². The number of hydrogen-bond acceptors (Lipinski definition) is 7. The molecule has 0 rings (SSSR count). The second-order valence-electron chi connectivity index (χ2n) is 22.0. The molecule has 0 amide bonds. The Labute approximate surface area is 428 Å². The molecule has 410 valence electrons. The highest BCUT2D eigenvalue weighted by Gasteiger charge is 2.25. The van der Waals surface area contributed by atoms with Crippen molar-refractivity contribution in [2.75, 3.05) is 47.5 Å². The van der Waals surface area contributed by atoms with Crippen molar-refractivity contribution < 1.29 is 42.9 Å². The van der Waals surface area contributed by atoms with Crippen LogP contribution in [0.2, 0.25) is 0 Å². The summed E-state index contributed by atoms with van der Waals surface area (Å²) in [6.07, 6.45) is 56.1. The van der Waals surface area contributed by atoms with Crippen LogP contribution in [0.3, 0.4) is 0 Å². The molecule has 0 saturated heterocycles. The molecule has 0 aliphatic rings. The molecule has 0 saturated carbocycles. The normalized spacial score (nSPS) is 12.7. The van der Waals surface area contributed by atoms with Crippen LogP contribution in [-0.2, 0) is 33.3 Å². The van der Waals surface area contributed by atoms with E-state index in [9.17, 15) is 19.5 Å². The number of likely N-dealkylation sites (N-methyl/N-ethyl adjacent to an activating group) is 1. The summed E-state index contributed by atoms with van der Waals surface area (Å²) in [5.41, 5.74) is 0. The zero-order chi connectivity index (χ0) is 50.6. The number of quaternary nitrogens is 1. The Bertz CT molecular complexity index is 1100. The van der Waals surface area contributed by atoms with E-state index in [1.54, 1.807) is 0 Å². The van der Waals surface area contributed by atoms with Gasteiger partial charge < -0.3 is 28.5 Å². The van der Waals surface area contributed by atoms with E-state index in [0.717, 1.165) is 38.5 Å². The smallest absolute Gasteiger partial charge is 0.361 e. The highest BCUT2D eigenvalue weighted by Crippen LogP contribution is 2.18. The summed E-state index contributed by atoms with van der Waals surface area (Å²) in [5.74, 6) is -1.97. The van der Waals surface area contributed by atoms with Crippen LogP contribution in [0.4, 0.5) is 0 Å². The van der Waals surface area contributed by atoms with Gasteiger partial charge in [-0.2, -0.15) is 0 Å². The predicted molar refractivity (Wildman–Crippen MR) is 291 cm³/mol. The molecule has 0 aromatic rings. The monoisotopic (exact) mass is 981 g/mol. The molecular formula is C60H118NO8+. The molecule has 0 aromatic carbocycles. The van der Waals surface area contributed by atoms with E-state index >= 15 is 0 Å². The Hall–Kier alpha value is -1.71. The molecule has 9 nitrogen and oxygen atoms in total. The van der Waals surface area contributed by atoms with Crippen LogP contribution in [0, 0.1) is 0 Å². The van der Waals surface area contributed by atoms with Gasteiger partial charge in [0.15, 0.2) is 6.10 Å². The number of hydrogen-bond donors (Lipinski definition) is 1. The number of aliphatic carboxylic acids is 1. The maximum absolute atomic E-state index is 12.9. The largest absolute Gasteiger partial charge is 0.477 e. The summed E-state index contributed by atoms with van der Waals surface area (Å²) < 4.78 is 22.9. The molecule has 0 aliphatic carbocycles. The Kier molecular flexibility index (Phi) is 51.3. The minimum Gasteiger partial charge on any atom is -0.477 e. The molecule has 1 N–H and O–H groups in total. The van der Waals surface area contributed by atoms with Gasteiger partial charge in [0.05, 0.1) is 34.4 Å². The van der Waals surface area contributed by atoms with Crippen molar-refractivity contribution in [3.63, 3.8) is 0 Å².